The van der Waals surface area contributed by atoms with Gasteiger partial charge in [0.2, 0.25) is 5.91 Å². The molecular weight excluding hydrogens is 182 g/mol. The summed E-state index contributed by atoms with van der Waals surface area (Å²) in [7, 11) is 0. The van der Waals surface area contributed by atoms with Crippen LogP contribution < -0.4 is 5.32 Å². The van der Waals surface area contributed by atoms with Crippen molar-refractivity contribution in [1.82, 2.24) is 5.32 Å². The highest BCUT2D eigenvalue weighted by Crippen LogP contribution is 2.04. The predicted octanol–water partition coefficient (Wildman–Crippen LogP) is 1.79. The lowest BCUT2D eigenvalue weighted by Gasteiger charge is -2.01. The number of hydrogen-bond acceptors (Lipinski definition) is 2. The fourth-order valence-corrected chi connectivity index (χ4v) is 1.20. The molecule has 0 rings (SSSR count). The molecule has 0 aromatic heterocycles. The van der Waals surface area contributed by atoms with Crippen molar-refractivity contribution in [2.45, 2.75) is 45.4 Å². The maximum absolute atomic E-state index is 10.5. The number of unbranched alkanes of at least 4 members (excludes halogenated alkanes) is 4. The first kappa shape index (κ1) is 12.9. The van der Waals surface area contributed by atoms with Crippen molar-refractivity contribution >= 4 is 11.9 Å². The summed E-state index contributed by atoms with van der Waals surface area (Å²) in [4.78, 5) is 20.6. The van der Waals surface area contributed by atoms with Crippen LogP contribution in [-0.2, 0) is 9.59 Å². The first-order valence-electron chi connectivity index (χ1n) is 5.09. The fourth-order valence-electron chi connectivity index (χ4n) is 1.20. The molecule has 0 aromatic carbocycles. The highest BCUT2D eigenvalue weighted by molar-refractivity contribution is 5.72. The SMILES string of the molecule is CC(=O)NCCCCCCCC(=O)O.[HH]. The third-order valence-electron chi connectivity index (χ3n) is 1.94. The van der Waals surface area contributed by atoms with Gasteiger partial charge in [0.15, 0.2) is 0 Å². The number of nitrogens with one attached hydrogen (secondary N) is 1. The van der Waals surface area contributed by atoms with E-state index in [9.17, 15) is 9.59 Å². The molecule has 0 unspecified atom stereocenters. The minimum absolute atomic E-state index is 0. The van der Waals surface area contributed by atoms with Crippen LogP contribution in [0.2, 0.25) is 0 Å². The number of aliphatic carboxylic acids is 1. The Morgan fingerprint density at radius 2 is 1.71 bits per heavy atom. The predicted molar refractivity (Wildman–Crippen MR) is 56.1 cm³/mol. The van der Waals surface area contributed by atoms with Gasteiger partial charge in [0.25, 0.3) is 0 Å². The first-order chi connectivity index (χ1) is 6.63. The smallest absolute Gasteiger partial charge is 0.303 e. The number of carbonyl (C=O) groups excluding carboxylic acids is 1. The van der Waals surface area contributed by atoms with E-state index in [1.54, 1.807) is 0 Å². The Hall–Kier alpha value is -1.06. The second-order valence-electron chi connectivity index (χ2n) is 3.39. The van der Waals surface area contributed by atoms with E-state index in [-0.39, 0.29) is 13.8 Å². The zero-order chi connectivity index (χ0) is 10.8. The first-order valence-corrected chi connectivity index (χ1v) is 5.09. The van der Waals surface area contributed by atoms with Crippen molar-refractivity contribution < 1.29 is 16.1 Å². The Bertz CT molecular complexity index is 166. The minimum atomic E-state index is -0.719. The summed E-state index contributed by atoms with van der Waals surface area (Å²) in [5.74, 6) is -0.709. The van der Waals surface area contributed by atoms with E-state index in [0.29, 0.717) is 0 Å². The molecule has 84 valence electrons. The lowest BCUT2D eigenvalue weighted by Crippen LogP contribution is -2.20. The van der Waals surface area contributed by atoms with Crippen molar-refractivity contribution in [2.75, 3.05) is 6.54 Å². The van der Waals surface area contributed by atoms with E-state index in [1.807, 2.05) is 0 Å². The van der Waals surface area contributed by atoms with Crippen LogP contribution in [0.25, 0.3) is 0 Å². The zero-order valence-corrected chi connectivity index (χ0v) is 8.71. The van der Waals surface area contributed by atoms with Crippen LogP contribution in [0.15, 0.2) is 0 Å². The van der Waals surface area contributed by atoms with Gasteiger partial charge in [-0.25, -0.2) is 0 Å². The van der Waals surface area contributed by atoms with Crippen LogP contribution in [-0.4, -0.2) is 23.5 Å². The highest BCUT2D eigenvalue weighted by atomic mass is 16.4. The largest absolute Gasteiger partial charge is 0.481 e. The molecule has 1 amide bonds. The second kappa shape index (κ2) is 8.53. The number of carboxylic acid groups (broad SMARTS) is 1. The fraction of sp³-hybridized carbons (Fsp3) is 0.800. The van der Waals surface area contributed by atoms with Gasteiger partial charge in [-0.2, -0.15) is 0 Å². The van der Waals surface area contributed by atoms with E-state index in [4.69, 9.17) is 5.11 Å². The quantitative estimate of drug-likeness (QED) is 0.591. The maximum atomic E-state index is 10.5. The number of amides is 1. The summed E-state index contributed by atoms with van der Waals surface area (Å²) in [6.45, 7) is 2.24. The lowest BCUT2D eigenvalue weighted by atomic mass is 10.1. The van der Waals surface area contributed by atoms with Crippen LogP contribution >= 0.6 is 0 Å². The Morgan fingerprint density at radius 3 is 2.29 bits per heavy atom. The summed E-state index contributed by atoms with van der Waals surface area (Å²) in [6.07, 6.45) is 5.08. The number of hydrogen-bond donors (Lipinski definition) is 2. The molecule has 0 aromatic rings. The van der Waals surface area contributed by atoms with E-state index < -0.39 is 5.97 Å². The summed E-state index contributed by atoms with van der Waals surface area (Å²) in [5, 5.41) is 11.1. The van der Waals surface area contributed by atoms with Gasteiger partial charge < -0.3 is 10.4 Å². The monoisotopic (exact) mass is 203 g/mol. The molecule has 0 heterocycles. The van der Waals surface area contributed by atoms with Gasteiger partial charge >= 0.3 is 5.97 Å². The third kappa shape index (κ3) is 10.9. The topological polar surface area (TPSA) is 66.4 Å². The normalized spacial score (nSPS) is 9.79. The molecule has 0 spiro atoms. The van der Waals surface area contributed by atoms with Gasteiger partial charge in [0, 0.05) is 21.3 Å². The van der Waals surface area contributed by atoms with Gasteiger partial charge in [-0.3, -0.25) is 9.59 Å². The van der Waals surface area contributed by atoms with E-state index >= 15 is 0 Å². The molecule has 0 bridgehead atoms. The van der Waals surface area contributed by atoms with Crippen LogP contribution in [0.3, 0.4) is 0 Å². The molecule has 0 radical (unpaired) electrons. The Balaban J connectivity index is 0. The third-order valence-corrected chi connectivity index (χ3v) is 1.94. The number of carbonyl (C=O) groups is 2. The van der Waals surface area contributed by atoms with Crippen molar-refractivity contribution in [2.24, 2.45) is 0 Å². The molecule has 2 N–H and O–H groups in total. The molecular formula is C10H21NO3. The Kier molecular flexibility index (Phi) is 7.89. The molecule has 0 fully saturated rings. The van der Waals surface area contributed by atoms with Crippen molar-refractivity contribution in [3.05, 3.63) is 0 Å². The molecule has 0 aliphatic heterocycles. The average Bonchev–Trinajstić information content (AvgIpc) is 2.08. The van der Waals surface area contributed by atoms with Gasteiger partial charge in [-0.15, -0.1) is 0 Å². The van der Waals surface area contributed by atoms with Crippen molar-refractivity contribution in [3.8, 4) is 0 Å². The number of carboxylic acids is 1. The summed E-state index contributed by atoms with van der Waals surface area (Å²) >= 11 is 0. The number of rotatable bonds is 8. The van der Waals surface area contributed by atoms with Crippen LogP contribution in [0.4, 0.5) is 0 Å². The van der Waals surface area contributed by atoms with E-state index in [0.717, 1.165) is 38.6 Å². The highest BCUT2D eigenvalue weighted by Gasteiger charge is 1.96. The van der Waals surface area contributed by atoms with Gasteiger partial charge in [-0.1, -0.05) is 19.3 Å². The lowest BCUT2D eigenvalue weighted by molar-refractivity contribution is -0.137. The molecule has 0 saturated carbocycles. The van der Waals surface area contributed by atoms with Crippen LogP contribution in [0.5, 0.6) is 0 Å². The Labute approximate surface area is 86.2 Å². The molecule has 0 aliphatic carbocycles. The summed E-state index contributed by atoms with van der Waals surface area (Å²) in [5.41, 5.74) is 0. The molecule has 4 nitrogen and oxygen atoms in total. The van der Waals surface area contributed by atoms with Gasteiger partial charge in [-0.05, 0) is 12.8 Å². The van der Waals surface area contributed by atoms with Crippen LogP contribution in [0, 0.1) is 0 Å². The van der Waals surface area contributed by atoms with E-state index in [1.165, 1.54) is 6.92 Å². The van der Waals surface area contributed by atoms with E-state index in [2.05, 4.69) is 5.32 Å². The van der Waals surface area contributed by atoms with Crippen molar-refractivity contribution in [3.63, 3.8) is 0 Å². The molecule has 0 aliphatic rings. The molecule has 14 heavy (non-hydrogen) atoms. The minimum Gasteiger partial charge on any atom is -0.481 e. The summed E-state index contributed by atoms with van der Waals surface area (Å²) in [6, 6.07) is 0. The van der Waals surface area contributed by atoms with Gasteiger partial charge in [0.1, 0.15) is 0 Å². The average molecular weight is 203 g/mol. The zero-order valence-electron chi connectivity index (χ0n) is 8.71. The van der Waals surface area contributed by atoms with Crippen LogP contribution in [0.1, 0.15) is 46.9 Å². The summed E-state index contributed by atoms with van der Waals surface area (Å²) < 4.78 is 0. The maximum Gasteiger partial charge on any atom is 0.303 e. The van der Waals surface area contributed by atoms with Gasteiger partial charge in [0.05, 0.1) is 0 Å². The van der Waals surface area contributed by atoms with Crippen molar-refractivity contribution in [1.29, 1.82) is 0 Å². The molecule has 0 saturated heterocycles. The Morgan fingerprint density at radius 1 is 1.14 bits per heavy atom. The molecule has 4 heteroatoms. The second-order valence-corrected chi connectivity index (χ2v) is 3.39. The molecule has 0 atom stereocenters. The standard InChI is InChI=1S/C10H19NO3.H2/c1-9(12)11-8-6-4-2-3-5-7-10(13)14;/h2-8H2,1H3,(H,11,12)(H,13,14);1H.